The third kappa shape index (κ3) is 23.0. The van der Waals surface area contributed by atoms with Crippen LogP contribution in [0.2, 0.25) is 5.02 Å². The molecule has 738 valence electrons. The van der Waals surface area contributed by atoms with E-state index in [0.29, 0.717) is 77.0 Å². The fourth-order valence-electron chi connectivity index (χ4n) is 15.2. The molecule has 0 aliphatic carbocycles. The van der Waals surface area contributed by atoms with Crippen molar-refractivity contribution in [3.05, 3.63) is 263 Å². The van der Waals surface area contributed by atoms with Crippen molar-refractivity contribution in [2.75, 3.05) is 93.0 Å². The summed E-state index contributed by atoms with van der Waals surface area (Å²) >= 11 is 24.5. The van der Waals surface area contributed by atoms with Crippen LogP contribution in [0.15, 0.2) is 198 Å². The SMILES string of the molecule is Cc1cc(Cl)cc(C(=O)Nc2nc3ccc4scnc4c3s2)c1.Cc1ccc(OCC(=O)Nc2nc3ccc4sc(C)nc4c3s2)cc1.Cc1cccc(C(=O)N(C)c2nc3ccc4sc(C)nc4c3s2)c1.Cc1nc2c(ccc3nc(NC(=O)NCCN(C)C)sc32)s1.Cc1nc2c(ccc3nc(NC(=O)c4ccc(S(=O)(=O)N(C)C)cc4)sc32)s1.O=C(Nc1nc2ccc3scnc3c2s1)c1ccc2c(c1)OCC2. The van der Waals surface area contributed by atoms with Crippen LogP contribution in [-0.4, -0.2) is 175 Å². The third-order valence-corrected chi connectivity index (χ3v) is 35.7. The summed E-state index contributed by atoms with van der Waals surface area (Å²) in [5.74, 6) is 0.444. The molecule has 23 aromatic rings. The lowest BCUT2D eigenvalue weighted by atomic mass is 10.1. The highest BCUT2D eigenvalue weighted by Crippen LogP contribution is 2.43. The number of rotatable bonds is 18. The highest BCUT2D eigenvalue weighted by molar-refractivity contribution is 7.89. The molecule has 0 fully saturated rings. The summed E-state index contributed by atoms with van der Waals surface area (Å²) in [6.07, 6.45) is 0.902. The van der Waals surface area contributed by atoms with E-state index in [-0.39, 0.29) is 47.1 Å². The van der Waals surface area contributed by atoms with Crippen molar-refractivity contribution >= 4 is 347 Å². The minimum atomic E-state index is -3.53. The first-order chi connectivity index (χ1) is 70.3. The summed E-state index contributed by atoms with van der Waals surface area (Å²) in [6.45, 7) is 15.9. The Morgan fingerprint density at radius 1 is 0.404 bits per heavy atom. The summed E-state index contributed by atoms with van der Waals surface area (Å²) in [5, 5.41) is 25.0. The molecule has 0 spiro atoms. The van der Waals surface area contributed by atoms with Crippen molar-refractivity contribution in [2.45, 2.75) is 59.8 Å². The van der Waals surface area contributed by atoms with Crippen LogP contribution < -0.4 is 46.3 Å². The zero-order chi connectivity index (χ0) is 102. The predicted octanol–water partition coefficient (Wildman–Crippen LogP) is 25.2. The largest absolute Gasteiger partial charge is 0.493 e. The molecule has 7 amide bonds. The molecule has 24 rings (SSSR count). The molecule has 13 heterocycles. The summed E-state index contributed by atoms with van der Waals surface area (Å²) in [6, 6.07) is 55.5. The van der Waals surface area contributed by atoms with Crippen molar-refractivity contribution in [2.24, 2.45) is 0 Å². The number of carbonyl (C=O) groups excluding carboxylic acids is 6. The lowest BCUT2D eigenvalue weighted by Crippen LogP contribution is -2.34. The normalized spacial score (nSPS) is 11.7. The summed E-state index contributed by atoms with van der Waals surface area (Å²) in [7, 11) is 5.10. The maximum absolute atomic E-state index is 12.7. The van der Waals surface area contributed by atoms with Crippen LogP contribution in [0.5, 0.6) is 11.5 Å². The third-order valence-electron chi connectivity index (χ3n) is 22.2. The number of thiazole rings is 12. The fraction of sp³-hybridized carbons (Fsp3) is 0.168. The number of aryl methyl sites for hydroxylation is 7. The van der Waals surface area contributed by atoms with Gasteiger partial charge in [-0.25, -0.2) is 77.3 Å². The Morgan fingerprint density at radius 3 is 1.31 bits per heavy atom. The molecule has 0 saturated heterocycles. The number of carbonyl (C=O) groups is 6. The zero-order valence-electron chi connectivity index (χ0n) is 79.5. The smallest absolute Gasteiger partial charge is 0.321 e. The number of ether oxygens (including phenoxy) is 2. The number of anilines is 6. The number of sulfonamides is 1. The van der Waals surface area contributed by atoms with E-state index in [1.54, 1.807) is 98.2 Å². The van der Waals surface area contributed by atoms with Crippen LogP contribution in [0.3, 0.4) is 0 Å². The van der Waals surface area contributed by atoms with Gasteiger partial charge in [-0.3, -0.25) is 55.5 Å². The number of amides is 7. The van der Waals surface area contributed by atoms with Crippen LogP contribution in [-0.2, 0) is 21.2 Å². The second kappa shape index (κ2) is 43.6. The Bertz CT molecular complexity index is 9090. The molecule has 0 saturated carbocycles. The average Bonchev–Trinajstić information content (AvgIpc) is 1.65. The first kappa shape index (κ1) is 101. The molecule has 0 unspecified atom stereocenters. The molecule has 11 aromatic carbocycles. The van der Waals surface area contributed by atoms with Gasteiger partial charge in [0.15, 0.2) is 37.4 Å². The van der Waals surface area contributed by atoms with Gasteiger partial charge in [-0.1, -0.05) is 121 Å². The highest BCUT2D eigenvalue weighted by Gasteiger charge is 2.26. The number of hydrogen-bond donors (Lipinski definition) is 6. The van der Waals surface area contributed by atoms with Crippen molar-refractivity contribution in [3.63, 3.8) is 0 Å². The number of halogens is 1. The molecule has 0 atom stereocenters. The zero-order valence-corrected chi connectivity index (χ0v) is 90.9. The van der Waals surface area contributed by atoms with Crippen LogP contribution in [0.25, 0.3) is 123 Å². The van der Waals surface area contributed by atoms with E-state index in [1.807, 2.05) is 218 Å². The van der Waals surface area contributed by atoms with Crippen molar-refractivity contribution in [1.29, 1.82) is 0 Å². The molecule has 31 nitrogen and oxygen atoms in total. The van der Waals surface area contributed by atoms with E-state index >= 15 is 0 Å². The van der Waals surface area contributed by atoms with Gasteiger partial charge in [0, 0.05) is 67.9 Å². The monoisotopic (exact) mass is 2200 g/mol. The van der Waals surface area contributed by atoms with Crippen molar-refractivity contribution < 1.29 is 46.7 Å². The lowest BCUT2D eigenvalue weighted by molar-refractivity contribution is -0.118. The van der Waals surface area contributed by atoms with Crippen LogP contribution >= 0.6 is 148 Å². The minimum Gasteiger partial charge on any atom is -0.493 e. The first-order valence-corrected chi connectivity index (χ1v) is 56.5. The van der Waals surface area contributed by atoms with Crippen LogP contribution in [0.1, 0.15) is 83.7 Å². The van der Waals surface area contributed by atoms with E-state index < -0.39 is 10.0 Å². The molecular formula is C101H84ClN21O10S13. The Morgan fingerprint density at radius 2 is 0.836 bits per heavy atom. The topological polar surface area (TPSA) is 392 Å². The van der Waals surface area contributed by atoms with Gasteiger partial charge >= 0.3 is 6.03 Å². The van der Waals surface area contributed by atoms with Gasteiger partial charge in [0.05, 0.1) is 132 Å². The molecule has 0 bridgehead atoms. The molecule has 146 heavy (non-hydrogen) atoms. The number of fused-ring (bicyclic) bond motifs is 19. The van der Waals surface area contributed by atoms with Crippen LogP contribution in [0.4, 0.5) is 35.6 Å². The fourth-order valence-corrected chi connectivity index (χ4v) is 27.3. The van der Waals surface area contributed by atoms with E-state index in [1.165, 1.54) is 106 Å². The Kier molecular flexibility index (Phi) is 30.2. The standard InChI is InChI=1S/C18H16N4O3S3.C18H15N3O2S2.C18H15N3OS2.C17H11N3O2S2.C16H10ClN3OS2.C14H17N5OS2/c1-10-19-15-14(26-10)9-8-13-16(15)27-18(20-13)21-17(23)11-4-6-12(7-5-11)28(24,25)22(2)3;1-10-3-5-12(6-4-10)23-9-15(22)21-18-20-13-7-8-14-16(17(13)25-18)19-11(2)24-14;1-10-5-4-6-12(9-10)17(22)21(3)18-20-13-7-8-14-15(16(13)24-18)19-11(2)23-14;21-16(10-2-1-9-5-6-22-12(9)7-10)20-17-19-11-3-4-13-14(15(11)24-17)18-8-23-13;1-8-4-9(6-10(17)5-8)15(21)20-16-19-11-2-3-12-13(14(11)23-16)18-7-22-12;1-8-16-11-10(21-8)5-4-9-12(11)22-14(17-9)18-13(20)15-6-7-19(2)3/h4-9H,1-3H3,(H,20,21,23);3-8H,9H2,1-2H3,(H,20,21,22);4-9H,1-3H3;1-4,7-8H,5-6H2,(H,19,20,21);2-7H,1H3,(H,19,20,21);4-5H,6-7H2,1-3H3,(H2,15,17,18,20). The van der Waals surface area contributed by atoms with E-state index in [0.717, 1.165) is 188 Å². The van der Waals surface area contributed by atoms with Gasteiger partial charge in [0.25, 0.3) is 29.5 Å². The number of urea groups is 1. The van der Waals surface area contributed by atoms with Gasteiger partial charge in [0.1, 0.15) is 44.6 Å². The lowest BCUT2D eigenvalue weighted by Gasteiger charge is -2.13. The van der Waals surface area contributed by atoms with Gasteiger partial charge < -0.3 is 19.7 Å². The van der Waals surface area contributed by atoms with Crippen molar-refractivity contribution in [1.82, 2.24) is 74.3 Å². The molecule has 45 heteroatoms. The summed E-state index contributed by atoms with van der Waals surface area (Å²) < 4.78 is 49.1. The molecule has 6 N–H and O–H groups in total. The van der Waals surface area contributed by atoms with Gasteiger partial charge in [-0.05, 0) is 225 Å². The van der Waals surface area contributed by atoms with Gasteiger partial charge in [0.2, 0.25) is 10.0 Å². The van der Waals surface area contributed by atoms with Crippen molar-refractivity contribution in [3.8, 4) is 11.5 Å². The maximum atomic E-state index is 12.7. The van der Waals surface area contributed by atoms with E-state index in [2.05, 4.69) is 91.7 Å². The quantitative estimate of drug-likeness (QED) is 0.0464. The van der Waals surface area contributed by atoms with E-state index in [4.69, 9.17) is 21.1 Å². The Hall–Kier alpha value is -13.5. The molecule has 1 aliphatic heterocycles. The maximum Gasteiger partial charge on any atom is 0.321 e. The second-order valence-electron chi connectivity index (χ2n) is 33.5. The second-order valence-corrected chi connectivity index (χ2v) is 48.7. The predicted molar refractivity (Wildman–Crippen MR) is 604 cm³/mol. The molecular weight excluding hydrogens is 2120 g/mol. The Balaban J connectivity index is 0.000000111. The number of nitrogens with one attached hydrogen (secondary N) is 6. The summed E-state index contributed by atoms with van der Waals surface area (Å²) in [4.78, 5) is 132. The number of aromatic nitrogens is 12. The molecule has 1 aliphatic rings. The van der Waals surface area contributed by atoms with Gasteiger partial charge in [-0.15, -0.1) is 68.0 Å². The number of hydrogen-bond acceptors (Lipinski definition) is 35. The summed E-state index contributed by atoms with van der Waals surface area (Å²) in [5.41, 5.74) is 20.8. The van der Waals surface area contributed by atoms with Crippen LogP contribution in [0, 0.1) is 48.5 Å². The number of likely N-dealkylation sites (N-methyl/N-ethyl adjacent to an activating group) is 1. The average molecular weight is 2200 g/mol. The Labute approximate surface area is 886 Å². The first-order valence-electron chi connectivity index (χ1n) is 44.7. The molecule has 0 radical (unpaired) electrons. The van der Waals surface area contributed by atoms with Gasteiger partial charge in [-0.2, -0.15) is 0 Å². The highest BCUT2D eigenvalue weighted by atomic mass is 35.5. The minimum absolute atomic E-state index is 0.0514. The number of benzene rings is 11. The number of nitrogens with zero attached hydrogens (tertiary/aromatic N) is 15. The van der Waals surface area contributed by atoms with E-state index in [9.17, 15) is 37.2 Å². The molecule has 12 aromatic heterocycles.